The van der Waals surface area contributed by atoms with Gasteiger partial charge in [-0.3, -0.25) is 4.90 Å². The summed E-state index contributed by atoms with van der Waals surface area (Å²) < 4.78 is 23.2. The van der Waals surface area contributed by atoms with Crippen LogP contribution in [0.1, 0.15) is 24.5 Å². The Labute approximate surface area is 128 Å². The van der Waals surface area contributed by atoms with Crippen LogP contribution in [0.5, 0.6) is 0 Å². The molecule has 21 heavy (non-hydrogen) atoms. The number of hydrogen-bond donors (Lipinski definition) is 1. The molecule has 1 fully saturated rings. The van der Waals surface area contributed by atoms with Gasteiger partial charge in [-0.25, -0.2) is 8.42 Å². The summed E-state index contributed by atoms with van der Waals surface area (Å²) in [4.78, 5) is 2.25. The van der Waals surface area contributed by atoms with Crippen LogP contribution in [0.4, 0.5) is 0 Å². The normalized spacial score (nSPS) is 19.3. The predicted octanol–water partition coefficient (Wildman–Crippen LogP) is 1.46. The molecule has 4 nitrogen and oxygen atoms in total. The lowest BCUT2D eigenvalue weighted by Gasteiger charge is -2.19. The van der Waals surface area contributed by atoms with E-state index in [9.17, 15) is 8.42 Å². The Hall–Kier alpha value is -0.910. The molecular weight excluding hydrogens is 284 g/mol. The average Bonchev–Trinajstić information content (AvgIpc) is 2.62. The lowest BCUT2D eigenvalue weighted by molar-refractivity contribution is 0.287. The molecule has 1 aliphatic rings. The van der Waals surface area contributed by atoms with Gasteiger partial charge in [0, 0.05) is 13.1 Å². The number of hydrogen-bond acceptors (Lipinski definition) is 4. The SMILES string of the molecule is CCNCCc1ccc(CN2CCCS(=O)(=O)CC2)cc1. The maximum Gasteiger partial charge on any atom is 0.151 e. The Bertz CT molecular complexity index is 526. The van der Waals surface area contributed by atoms with E-state index in [-0.39, 0.29) is 0 Å². The molecule has 5 heteroatoms. The van der Waals surface area contributed by atoms with Crippen LogP contribution in [-0.4, -0.2) is 51.0 Å². The molecule has 0 amide bonds. The van der Waals surface area contributed by atoms with Crippen molar-refractivity contribution in [3.8, 4) is 0 Å². The summed E-state index contributed by atoms with van der Waals surface area (Å²) in [6, 6.07) is 8.70. The van der Waals surface area contributed by atoms with Crippen molar-refractivity contribution in [2.45, 2.75) is 26.3 Å². The van der Waals surface area contributed by atoms with Crippen molar-refractivity contribution in [3.05, 3.63) is 35.4 Å². The van der Waals surface area contributed by atoms with E-state index in [1.165, 1.54) is 11.1 Å². The van der Waals surface area contributed by atoms with Gasteiger partial charge in [-0.2, -0.15) is 0 Å². The molecule has 1 N–H and O–H groups in total. The third-order valence-corrected chi connectivity index (χ3v) is 5.63. The highest BCUT2D eigenvalue weighted by Crippen LogP contribution is 2.11. The molecule has 118 valence electrons. The minimum atomic E-state index is -2.81. The van der Waals surface area contributed by atoms with Crippen LogP contribution in [-0.2, 0) is 22.8 Å². The van der Waals surface area contributed by atoms with E-state index in [2.05, 4.69) is 41.4 Å². The molecular formula is C16H26N2O2S. The molecule has 0 unspecified atom stereocenters. The fourth-order valence-corrected chi connectivity index (χ4v) is 3.94. The summed E-state index contributed by atoms with van der Waals surface area (Å²) in [7, 11) is -2.81. The van der Waals surface area contributed by atoms with E-state index in [1.807, 2.05) is 0 Å². The maximum atomic E-state index is 11.6. The van der Waals surface area contributed by atoms with Crippen LogP contribution in [0.2, 0.25) is 0 Å². The highest BCUT2D eigenvalue weighted by molar-refractivity contribution is 7.91. The number of likely N-dealkylation sites (N-methyl/N-ethyl adjacent to an activating group) is 1. The zero-order chi connectivity index (χ0) is 15.1. The lowest BCUT2D eigenvalue weighted by Crippen LogP contribution is -2.26. The van der Waals surface area contributed by atoms with E-state index >= 15 is 0 Å². The van der Waals surface area contributed by atoms with Crippen LogP contribution in [0.25, 0.3) is 0 Å². The molecule has 2 rings (SSSR count). The van der Waals surface area contributed by atoms with Crippen molar-refractivity contribution in [2.24, 2.45) is 0 Å². The first-order valence-electron chi connectivity index (χ1n) is 7.80. The minimum absolute atomic E-state index is 0.299. The summed E-state index contributed by atoms with van der Waals surface area (Å²) in [5.41, 5.74) is 2.61. The van der Waals surface area contributed by atoms with Gasteiger partial charge >= 0.3 is 0 Å². The molecule has 0 saturated carbocycles. The van der Waals surface area contributed by atoms with Crippen LogP contribution >= 0.6 is 0 Å². The van der Waals surface area contributed by atoms with E-state index in [1.54, 1.807) is 0 Å². The molecule has 1 aliphatic heterocycles. The van der Waals surface area contributed by atoms with Gasteiger partial charge in [-0.1, -0.05) is 31.2 Å². The number of rotatable bonds is 6. The van der Waals surface area contributed by atoms with Crippen molar-refractivity contribution < 1.29 is 8.42 Å². The summed E-state index contributed by atoms with van der Waals surface area (Å²) in [5, 5.41) is 3.33. The van der Waals surface area contributed by atoms with Gasteiger partial charge in [0.2, 0.25) is 0 Å². The Kier molecular flexibility index (Phi) is 6.21. The predicted molar refractivity (Wildman–Crippen MR) is 87.2 cm³/mol. The average molecular weight is 310 g/mol. The van der Waals surface area contributed by atoms with Gasteiger partial charge < -0.3 is 5.32 Å². The minimum Gasteiger partial charge on any atom is -0.317 e. The zero-order valence-electron chi connectivity index (χ0n) is 12.8. The Balaban J connectivity index is 1.85. The molecule has 0 bridgehead atoms. The summed E-state index contributed by atoms with van der Waals surface area (Å²) in [6.07, 6.45) is 1.80. The molecule has 1 aromatic rings. The van der Waals surface area contributed by atoms with Crippen molar-refractivity contribution in [1.29, 1.82) is 0 Å². The van der Waals surface area contributed by atoms with E-state index < -0.39 is 9.84 Å². The lowest BCUT2D eigenvalue weighted by atomic mass is 10.1. The van der Waals surface area contributed by atoms with Crippen molar-refractivity contribution >= 4 is 9.84 Å². The van der Waals surface area contributed by atoms with E-state index in [4.69, 9.17) is 0 Å². The summed E-state index contributed by atoms with van der Waals surface area (Å²) in [6.45, 7) is 6.52. The van der Waals surface area contributed by atoms with Gasteiger partial charge in [0.25, 0.3) is 0 Å². The molecule has 0 spiro atoms. The largest absolute Gasteiger partial charge is 0.317 e. The third-order valence-electron chi connectivity index (χ3n) is 3.92. The topological polar surface area (TPSA) is 49.4 Å². The van der Waals surface area contributed by atoms with Gasteiger partial charge in [0.1, 0.15) is 0 Å². The first kappa shape index (κ1) is 16.5. The van der Waals surface area contributed by atoms with Crippen molar-refractivity contribution in [1.82, 2.24) is 10.2 Å². The third kappa shape index (κ3) is 5.77. The Morgan fingerprint density at radius 2 is 1.81 bits per heavy atom. The highest BCUT2D eigenvalue weighted by atomic mass is 32.2. The fraction of sp³-hybridized carbons (Fsp3) is 0.625. The van der Waals surface area contributed by atoms with E-state index in [0.29, 0.717) is 18.1 Å². The molecule has 1 heterocycles. The first-order chi connectivity index (χ1) is 10.1. The second-order valence-electron chi connectivity index (χ2n) is 5.70. The van der Waals surface area contributed by atoms with Crippen LogP contribution < -0.4 is 5.32 Å². The molecule has 0 aromatic heterocycles. The van der Waals surface area contributed by atoms with Gasteiger partial charge in [-0.05, 0) is 43.6 Å². The molecule has 0 aliphatic carbocycles. The standard InChI is InChI=1S/C16H26N2O2S/c1-2-17-9-8-15-4-6-16(7-5-15)14-18-10-3-12-21(19,20)13-11-18/h4-7,17H,2-3,8-14H2,1H3. The number of sulfone groups is 1. The second kappa shape index (κ2) is 7.92. The Morgan fingerprint density at radius 1 is 1.10 bits per heavy atom. The molecule has 1 saturated heterocycles. The zero-order valence-corrected chi connectivity index (χ0v) is 13.7. The van der Waals surface area contributed by atoms with Crippen LogP contribution in [0, 0.1) is 0 Å². The summed E-state index contributed by atoms with van der Waals surface area (Å²) >= 11 is 0. The van der Waals surface area contributed by atoms with Gasteiger partial charge in [-0.15, -0.1) is 0 Å². The second-order valence-corrected chi connectivity index (χ2v) is 8.01. The van der Waals surface area contributed by atoms with Crippen molar-refractivity contribution in [3.63, 3.8) is 0 Å². The molecule has 0 atom stereocenters. The summed E-state index contributed by atoms with van der Waals surface area (Å²) in [5.74, 6) is 0.640. The highest BCUT2D eigenvalue weighted by Gasteiger charge is 2.18. The first-order valence-corrected chi connectivity index (χ1v) is 9.62. The number of nitrogens with one attached hydrogen (secondary N) is 1. The Morgan fingerprint density at radius 3 is 2.52 bits per heavy atom. The number of benzene rings is 1. The molecule has 1 aromatic carbocycles. The number of nitrogens with zero attached hydrogens (tertiary/aromatic N) is 1. The fourth-order valence-electron chi connectivity index (χ4n) is 2.63. The van der Waals surface area contributed by atoms with Crippen molar-refractivity contribution in [2.75, 3.05) is 37.7 Å². The van der Waals surface area contributed by atoms with Gasteiger partial charge in [0.05, 0.1) is 11.5 Å². The quantitative estimate of drug-likeness (QED) is 0.808. The monoisotopic (exact) mass is 310 g/mol. The van der Waals surface area contributed by atoms with E-state index in [0.717, 1.165) is 39.0 Å². The van der Waals surface area contributed by atoms with Crippen LogP contribution in [0.15, 0.2) is 24.3 Å². The smallest absolute Gasteiger partial charge is 0.151 e. The van der Waals surface area contributed by atoms with Crippen LogP contribution in [0.3, 0.4) is 0 Å². The molecule has 0 radical (unpaired) electrons. The maximum absolute atomic E-state index is 11.6. The van der Waals surface area contributed by atoms with Gasteiger partial charge in [0.15, 0.2) is 9.84 Å².